The Morgan fingerprint density at radius 1 is 1.46 bits per heavy atom. The minimum atomic E-state index is -0.818. The molecule has 3 rings (SSSR count). The zero-order valence-corrected chi connectivity index (χ0v) is 14.6. The molecule has 1 aliphatic heterocycles. The number of benzene rings is 1. The van der Waals surface area contributed by atoms with Crippen LogP contribution in [0.3, 0.4) is 0 Å². The van der Waals surface area contributed by atoms with Crippen LogP contribution >= 0.6 is 11.6 Å². The van der Waals surface area contributed by atoms with Crippen molar-refractivity contribution in [2.24, 2.45) is 5.41 Å². The van der Waals surface area contributed by atoms with Crippen LogP contribution in [-0.4, -0.2) is 32.1 Å². The number of carbonyl (C=O) groups is 1. The molecule has 1 heterocycles. The zero-order chi connectivity index (χ0) is 17.2. The number of rotatable bonds is 4. The van der Waals surface area contributed by atoms with E-state index in [-0.39, 0.29) is 11.9 Å². The quantitative estimate of drug-likeness (QED) is 0.908. The molecule has 128 valence electrons. The van der Waals surface area contributed by atoms with Gasteiger partial charge in [-0.15, -0.1) is 0 Å². The van der Waals surface area contributed by atoms with Crippen LogP contribution in [0.1, 0.15) is 32.1 Å². The standard InChI is InChI=1S/C18H22ClN3O2/c1-24-16-5-4-13(19)10-15(16)22-9-6-14(11-22)21-17(23)18(12-20)7-2-3-8-18/h4-5,10,14H,2-3,6-9,11H2,1H3,(H,21,23)/t14-/m1/s1. The molecule has 2 fully saturated rings. The van der Waals surface area contributed by atoms with E-state index in [0.717, 1.165) is 37.2 Å². The molecule has 1 aliphatic carbocycles. The number of amides is 1. The molecule has 0 aromatic heterocycles. The summed E-state index contributed by atoms with van der Waals surface area (Å²) in [6.45, 7) is 1.52. The summed E-state index contributed by atoms with van der Waals surface area (Å²) in [5.41, 5.74) is 0.124. The second-order valence-electron chi connectivity index (χ2n) is 6.62. The summed E-state index contributed by atoms with van der Waals surface area (Å²) in [7, 11) is 1.64. The lowest BCUT2D eigenvalue weighted by atomic mass is 9.87. The predicted octanol–water partition coefficient (Wildman–Crippen LogP) is 3.13. The SMILES string of the molecule is COc1ccc(Cl)cc1N1CC[C@@H](NC(=O)C2(C#N)CCCC2)C1. The van der Waals surface area contributed by atoms with Crippen molar-refractivity contribution in [2.75, 3.05) is 25.1 Å². The van der Waals surface area contributed by atoms with E-state index in [1.807, 2.05) is 12.1 Å². The van der Waals surface area contributed by atoms with Gasteiger partial charge >= 0.3 is 0 Å². The summed E-state index contributed by atoms with van der Waals surface area (Å²) < 4.78 is 5.41. The Balaban J connectivity index is 1.67. The van der Waals surface area contributed by atoms with Gasteiger partial charge in [0.2, 0.25) is 5.91 Å². The lowest BCUT2D eigenvalue weighted by Crippen LogP contribution is -2.45. The van der Waals surface area contributed by atoms with Gasteiger partial charge in [0.1, 0.15) is 11.2 Å². The molecule has 0 radical (unpaired) electrons. The number of nitrogens with zero attached hydrogens (tertiary/aromatic N) is 2. The first kappa shape index (κ1) is 16.9. The van der Waals surface area contributed by atoms with Gasteiger partial charge in [0, 0.05) is 24.2 Å². The Bertz CT molecular complexity index is 665. The average Bonchev–Trinajstić information content (AvgIpc) is 3.24. The number of hydrogen-bond donors (Lipinski definition) is 1. The Labute approximate surface area is 147 Å². The van der Waals surface area contributed by atoms with Crippen molar-refractivity contribution in [1.82, 2.24) is 5.32 Å². The number of hydrogen-bond acceptors (Lipinski definition) is 4. The van der Waals surface area contributed by atoms with Crippen LogP contribution in [0.25, 0.3) is 0 Å². The topological polar surface area (TPSA) is 65.4 Å². The second kappa shape index (κ2) is 6.90. The van der Waals surface area contributed by atoms with E-state index in [0.29, 0.717) is 24.4 Å². The van der Waals surface area contributed by atoms with E-state index in [9.17, 15) is 10.1 Å². The molecule has 1 saturated heterocycles. The molecule has 1 aromatic rings. The Morgan fingerprint density at radius 3 is 2.88 bits per heavy atom. The number of halogens is 1. The lowest BCUT2D eigenvalue weighted by Gasteiger charge is -2.24. The Kier molecular flexibility index (Phi) is 4.86. The van der Waals surface area contributed by atoms with E-state index < -0.39 is 5.41 Å². The van der Waals surface area contributed by atoms with E-state index in [1.165, 1.54) is 0 Å². The highest BCUT2D eigenvalue weighted by Gasteiger charge is 2.42. The smallest absolute Gasteiger partial charge is 0.240 e. The average molecular weight is 348 g/mol. The van der Waals surface area contributed by atoms with Crippen molar-refractivity contribution in [3.63, 3.8) is 0 Å². The molecule has 0 unspecified atom stereocenters. The van der Waals surface area contributed by atoms with Crippen LogP contribution in [0.5, 0.6) is 5.75 Å². The van der Waals surface area contributed by atoms with E-state index in [2.05, 4.69) is 16.3 Å². The van der Waals surface area contributed by atoms with Crippen molar-refractivity contribution in [3.8, 4) is 11.8 Å². The van der Waals surface area contributed by atoms with Gasteiger partial charge in [0.25, 0.3) is 0 Å². The lowest BCUT2D eigenvalue weighted by molar-refractivity contribution is -0.128. The summed E-state index contributed by atoms with van der Waals surface area (Å²) in [5.74, 6) is 0.670. The minimum absolute atomic E-state index is 0.0482. The van der Waals surface area contributed by atoms with Crippen LogP contribution < -0.4 is 15.0 Å². The molecule has 1 N–H and O–H groups in total. The van der Waals surface area contributed by atoms with Crippen molar-refractivity contribution in [2.45, 2.75) is 38.1 Å². The maximum Gasteiger partial charge on any atom is 0.240 e. The molecule has 1 atom stereocenters. The first-order valence-corrected chi connectivity index (χ1v) is 8.76. The molecule has 2 aliphatic rings. The fourth-order valence-corrected chi connectivity index (χ4v) is 3.87. The number of carbonyl (C=O) groups excluding carboxylic acids is 1. The fourth-order valence-electron chi connectivity index (χ4n) is 3.70. The van der Waals surface area contributed by atoms with Crippen molar-refractivity contribution < 1.29 is 9.53 Å². The zero-order valence-electron chi connectivity index (χ0n) is 13.8. The van der Waals surface area contributed by atoms with Gasteiger partial charge in [-0.2, -0.15) is 5.26 Å². The number of methoxy groups -OCH3 is 1. The molecule has 1 aromatic carbocycles. The normalized spacial score (nSPS) is 22.2. The molecule has 5 nitrogen and oxygen atoms in total. The molecule has 1 saturated carbocycles. The number of ether oxygens (including phenoxy) is 1. The third kappa shape index (κ3) is 3.16. The van der Waals surface area contributed by atoms with E-state index >= 15 is 0 Å². The van der Waals surface area contributed by atoms with Crippen molar-refractivity contribution in [3.05, 3.63) is 23.2 Å². The fraction of sp³-hybridized carbons (Fsp3) is 0.556. The predicted molar refractivity (Wildman–Crippen MR) is 93.3 cm³/mol. The Morgan fingerprint density at radius 2 is 2.21 bits per heavy atom. The van der Waals surface area contributed by atoms with Crippen LogP contribution in [0.15, 0.2) is 18.2 Å². The first-order chi connectivity index (χ1) is 11.6. The van der Waals surface area contributed by atoms with Gasteiger partial charge in [-0.25, -0.2) is 0 Å². The molecule has 0 spiro atoms. The van der Waals surface area contributed by atoms with Gasteiger partial charge in [-0.3, -0.25) is 4.79 Å². The molecule has 0 bridgehead atoms. The molecule has 24 heavy (non-hydrogen) atoms. The van der Waals surface area contributed by atoms with Gasteiger partial charge in [-0.05, 0) is 37.5 Å². The summed E-state index contributed by atoms with van der Waals surface area (Å²) >= 11 is 6.11. The molecule has 6 heteroatoms. The van der Waals surface area contributed by atoms with E-state index in [4.69, 9.17) is 16.3 Å². The molecular formula is C18H22ClN3O2. The van der Waals surface area contributed by atoms with Crippen LogP contribution in [0.4, 0.5) is 5.69 Å². The summed E-state index contributed by atoms with van der Waals surface area (Å²) in [6.07, 6.45) is 4.11. The largest absolute Gasteiger partial charge is 0.495 e. The summed E-state index contributed by atoms with van der Waals surface area (Å²) in [4.78, 5) is 14.7. The number of nitriles is 1. The minimum Gasteiger partial charge on any atom is -0.495 e. The van der Waals surface area contributed by atoms with Crippen LogP contribution in [-0.2, 0) is 4.79 Å². The summed E-state index contributed by atoms with van der Waals surface area (Å²) in [6, 6.07) is 7.85. The number of nitrogens with one attached hydrogen (secondary N) is 1. The maximum absolute atomic E-state index is 12.6. The van der Waals surface area contributed by atoms with Crippen molar-refractivity contribution in [1.29, 1.82) is 5.26 Å². The van der Waals surface area contributed by atoms with Gasteiger partial charge < -0.3 is 15.0 Å². The van der Waals surface area contributed by atoms with Crippen LogP contribution in [0.2, 0.25) is 5.02 Å². The third-order valence-electron chi connectivity index (χ3n) is 5.11. The summed E-state index contributed by atoms with van der Waals surface area (Å²) in [5, 5.41) is 13.2. The molecular weight excluding hydrogens is 326 g/mol. The highest BCUT2D eigenvalue weighted by Crippen LogP contribution is 2.38. The third-order valence-corrected chi connectivity index (χ3v) is 5.35. The first-order valence-electron chi connectivity index (χ1n) is 8.39. The van der Waals surface area contributed by atoms with Gasteiger partial charge in [0.05, 0.1) is 18.9 Å². The highest BCUT2D eigenvalue weighted by atomic mass is 35.5. The van der Waals surface area contributed by atoms with Crippen molar-refractivity contribution >= 4 is 23.2 Å². The monoisotopic (exact) mass is 347 g/mol. The maximum atomic E-state index is 12.6. The van der Waals surface area contributed by atoms with Gasteiger partial charge in [-0.1, -0.05) is 24.4 Å². The second-order valence-corrected chi connectivity index (χ2v) is 7.06. The van der Waals surface area contributed by atoms with Gasteiger partial charge in [0.15, 0.2) is 0 Å². The molecule has 1 amide bonds. The van der Waals surface area contributed by atoms with Crippen LogP contribution in [0, 0.1) is 16.7 Å². The number of anilines is 1. The highest BCUT2D eigenvalue weighted by molar-refractivity contribution is 6.30. The Hall–Kier alpha value is -1.93. The van der Waals surface area contributed by atoms with E-state index in [1.54, 1.807) is 13.2 Å².